The number of rotatable bonds is 4. The van der Waals surface area contributed by atoms with Gasteiger partial charge >= 0.3 is 5.97 Å². The SMILES string of the molecule is O=C(O)C1(CSc2cccc(Br)c2)CC1. The maximum absolute atomic E-state index is 10.9. The van der Waals surface area contributed by atoms with E-state index in [2.05, 4.69) is 15.9 Å². The highest BCUT2D eigenvalue weighted by Gasteiger charge is 2.49. The van der Waals surface area contributed by atoms with E-state index in [1.165, 1.54) is 0 Å². The Bertz CT molecular complexity index is 388. The van der Waals surface area contributed by atoms with Crippen LogP contribution in [-0.2, 0) is 4.79 Å². The highest BCUT2D eigenvalue weighted by atomic mass is 79.9. The number of benzene rings is 1. The van der Waals surface area contributed by atoms with E-state index in [1.807, 2.05) is 24.3 Å². The fourth-order valence-electron chi connectivity index (χ4n) is 1.35. The number of hydrogen-bond acceptors (Lipinski definition) is 2. The second-order valence-corrected chi connectivity index (χ2v) is 5.80. The topological polar surface area (TPSA) is 37.3 Å². The Morgan fingerprint density at radius 2 is 2.27 bits per heavy atom. The predicted octanol–water partition coefficient (Wildman–Crippen LogP) is 3.41. The van der Waals surface area contributed by atoms with Crippen molar-refractivity contribution in [1.82, 2.24) is 0 Å². The molecule has 1 aliphatic carbocycles. The fourth-order valence-corrected chi connectivity index (χ4v) is 3.14. The van der Waals surface area contributed by atoms with E-state index < -0.39 is 11.4 Å². The van der Waals surface area contributed by atoms with Crippen molar-refractivity contribution in [2.45, 2.75) is 17.7 Å². The number of hydrogen-bond donors (Lipinski definition) is 1. The van der Waals surface area contributed by atoms with Crippen LogP contribution in [0.1, 0.15) is 12.8 Å². The summed E-state index contributed by atoms with van der Waals surface area (Å²) in [5, 5.41) is 9.01. The first-order valence-corrected chi connectivity index (χ1v) is 6.52. The molecule has 1 saturated carbocycles. The zero-order valence-electron chi connectivity index (χ0n) is 8.07. The first-order valence-electron chi connectivity index (χ1n) is 4.74. The monoisotopic (exact) mass is 286 g/mol. The maximum atomic E-state index is 10.9. The Balaban J connectivity index is 1.96. The van der Waals surface area contributed by atoms with E-state index in [-0.39, 0.29) is 0 Å². The van der Waals surface area contributed by atoms with E-state index in [9.17, 15) is 4.79 Å². The van der Waals surface area contributed by atoms with E-state index in [0.29, 0.717) is 5.75 Å². The average Bonchev–Trinajstić information content (AvgIpc) is 2.96. The van der Waals surface area contributed by atoms with Crippen molar-refractivity contribution in [2.75, 3.05) is 5.75 Å². The second kappa shape index (κ2) is 4.18. The molecule has 0 spiro atoms. The molecule has 1 fully saturated rings. The van der Waals surface area contributed by atoms with Crippen LogP contribution >= 0.6 is 27.7 Å². The Labute approximate surface area is 101 Å². The van der Waals surface area contributed by atoms with Crippen molar-refractivity contribution in [3.05, 3.63) is 28.7 Å². The lowest BCUT2D eigenvalue weighted by atomic mass is 10.1. The summed E-state index contributed by atoms with van der Waals surface area (Å²) < 4.78 is 1.03. The number of aliphatic carboxylic acids is 1. The zero-order chi connectivity index (χ0) is 10.9. The summed E-state index contributed by atoms with van der Waals surface area (Å²) in [6.45, 7) is 0. The highest BCUT2D eigenvalue weighted by Crippen LogP contribution is 2.49. The Morgan fingerprint density at radius 3 is 2.80 bits per heavy atom. The number of carboxylic acids is 1. The summed E-state index contributed by atoms with van der Waals surface area (Å²) in [6.07, 6.45) is 1.65. The van der Waals surface area contributed by atoms with Crippen LogP contribution in [-0.4, -0.2) is 16.8 Å². The summed E-state index contributed by atoms with van der Waals surface area (Å²) in [4.78, 5) is 12.1. The van der Waals surface area contributed by atoms with Crippen LogP contribution in [0, 0.1) is 5.41 Å². The van der Waals surface area contributed by atoms with Crippen molar-refractivity contribution in [1.29, 1.82) is 0 Å². The highest BCUT2D eigenvalue weighted by molar-refractivity contribution is 9.10. The maximum Gasteiger partial charge on any atom is 0.310 e. The number of halogens is 1. The van der Waals surface area contributed by atoms with E-state index >= 15 is 0 Å². The normalized spacial score (nSPS) is 17.4. The summed E-state index contributed by atoms with van der Waals surface area (Å²) in [5.41, 5.74) is -0.438. The van der Waals surface area contributed by atoms with Crippen molar-refractivity contribution in [3.63, 3.8) is 0 Å². The van der Waals surface area contributed by atoms with Gasteiger partial charge in [-0.05, 0) is 31.0 Å². The second-order valence-electron chi connectivity index (χ2n) is 3.83. The minimum Gasteiger partial charge on any atom is -0.481 e. The van der Waals surface area contributed by atoms with Crippen molar-refractivity contribution >= 4 is 33.7 Å². The Kier molecular flexibility index (Phi) is 3.07. The third-order valence-corrected chi connectivity index (χ3v) is 4.40. The largest absolute Gasteiger partial charge is 0.481 e. The Morgan fingerprint density at radius 1 is 1.53 bits per heavy atom. The molecule has 1 aromatic rings. The standard InChI is InChI=1S/C11H11BrO2S/c12-8-2-1-3-9(6-8)15-7-11(4-5-11)10(13)14/h1-3,6H,4-5,7H2,(H,13,14). The average molecular weight is 287 g/mol. The van der Waals surface area contributed by atoms with Gasteiger partial charge < -0.3 is 5.11 Å². The lowest BCUT2D eigenvalue weighted by molar-refractivity contribution is -0.142. The van der Waals surface area contributed by atoms with Gasteiger partial charge in [0.1, 0.15) is 0 Å². The molecule has 0 amide bonds. The van der Waals surface area contributed by atoms with Gasteiger partial charge in [0.15, 0.2) is 0 Å². The molecule has 1 aliphatic rings. The van der Waals surface area contributed by atoms with Crippen LogP contribution in [0.3, 0.4) is 0 Å². The van der Waals surface area contributed by atoms with Gasteiger partial charge in [0.2, 0.25) is 0 Å². The van der Waals surface area contributed by atoms with E-state index in [4.69, 9.17) is 5.11 Å². The molecule has 0 aromatic heterocycles. The summed E-state index contributed by atoms with van der Waals surface area (Å²) in [5.74, 6) is 0.0312. The van der Waals surface area contributed by atoms with Gasteiger partial charge in [0, 0.05) is 15.1 Å². The van der Waals surface area contributed by atoms with Crippen LogP contribution in [0.25, 0.3) is 0 Å². The van der Waals surface area contributed by atoms with Gasteiger partial charge in [-0.25, -0.2) is 0 Å². The molecule has 80 valence electrons. The summed E-state index contributed by atoms with van der Waals surface area (Å²) in [6, 6.07) is 7.96. The number of carboxylic acid groups (broad SMARTS) is 1. The number of carbonyl (C=O) groups is 1. The van der Waals surface area contributed by atoms with E-state index in [1.54, 1.807) is 11.8 Å². The van der Waals surface area contributed by atoms with E-state index in [0.717, 1.165) is 22.2 Å². The molecule has 0 radical (unpaired) electrons. The van der Waals surface area contributed by atoms with Crippen LogP contribution in [0.15, 0.2) is 33.6 Å². The number of thioether (sulfide) groups is 1. The lowest BCUT2D eigenvalue weighted by Gasteiger charge is -2.08. The third-order valence-electron chi connectivity index (χ3n) is 2.62. The summed E-state index contributed by atoms with van der Waals surface area (Å²) in [7, 11) is 0. The van der Waals surface area contributed by atoms with Crippen LogP contribution < -0.4 is 0 Å². The predicted molar refractivity (Wildman–Crippen MR) is 64.2 cm³/mol. The molecule has 0 aliphatic heterocycles. The minimum atomic E-state index is -0.648. The Hall–Kier alpha value is -0.480. The molecule has 4 heteroatoms. The molecule has 2 nitrogen and oxygen atoms in total. The fraction of sp³-hybridized carbons (Fsp3) is 0.364. The van der Waals surface area contributed by atoms with Crippen molar-refractivity contribution < 1.29 is 9.90 Å². The quantitative estimate of drug-likeness (QED) is 0.862. The molecule has 0 atom stereocenters. The lowest BCUT2D eigenvalue weighted by Crippen LogP contribution is -2.17. The van der Waals surface area contributed by atoms with Gasteiger partial charge in [0.05, 0.1) is 5.41 Å². The van der Waals surface area contributed by atoms with Gasteiger partial charge in [-0.2, -0.15) is 0 Å². The van der Waals surface area contributed by atoms with Gasteiger partial charge in [-0.3, -0.25) is 4.79 Å². The molecular weight excluding hydrogens is 276 g/mol. The molecule has 0 saturated heterocycles. The molecule has 0 unspecified atom stereocenters. The van der Waals surface area contributed by atoms with Gasteiger partial charge in [0.25, 0.3) is 0 Å². The van der Waals surface area contributed by atoms with Crippen LogP contribution in [0.4, 0.5) is 0 Å². The molecule has 0 bridgehead atoms. The van der Waals surface area contributed by atoms with Gasteiger partial charge in [-0.1, -0.05) is 22.0 Å². The minimum absolute atomic E-state index is 0.438. The van der Waals surface area contributed by atoms with Crippen LogP contribution in [0.5, 0.6) is 0 Å². The zero-order valence-corrected chi connectivity index (χ0v) is 10.5. The molecule has 0 heterocycles. The third kappa shape index (κ3) is 2.55. The molecule has 1 N–H and O–H groups in total. The summed E-state index contributed by atoms with van der Waals surface area (Å²) >= 11 is 5.02. The first kappa shape index (κ1) is 11.0. The van der Waals surface area contributed by atoms with Crippen molar-refractivity contribution in [3.8, 4) is 0 Å². The van der Waals surface area contributed by atoms with Crippen LogP contribution in [0.2, 0.25) is 0 Å². The van der Waals surface area contributed by atoms with Gasteiger partial charge in [-0.15, -0.1) is 11.8 Å². The molecular formula is C11H11BrO2S. The smallest absolute Gasteiger partial charge is 0.310 e. The molecule has 2 rings (SSSR count). The molecule has 15 heavy (non-hydrogen) atoms. The van der Waals surface area contributed by atoms with Crippen molar-refractivity contribution in [2.24, 2.45) is 5.41 Å². The first-order chi connectivity index (χ1) is 7.12. The molecule has 1 aromatic carbocycles.